The fourth-order valence-electron chi connectivity index (χ4n) is 2.04. The Labute approximate surface area is 74.2 Å². The molecule has 0 bridgehead atoms. The van der Waals surface area contributed by atoms with E-state index in [-0.39, 0.29) is 11.7 Å². The molecule has 2 saturated heterocycles. The maximum atomic E-state index is 5.83. The van der Waals surface area contributed by atoms with Gasteiger partial charge in [0.1, 0.15) is 0 Å². The Morgan fingerprint density at radius 2 is 2.00 bits per heavy atom. The maximum absolute atomic E-state index is 5.83. The Morgan fingerprint density at radius 1 is 1.25 bits per heavy atom. The lowest BCUT2D eigenvalue weighted by atomic mass is 9.85. The Hall–Kier alpha value is -0.0800. The fraction of sp³-hybridized carbons (Fsp3) is 1.00. The minimum Gasteiger partial charge on any atom is -0.352 e. The average molecular weight is 170 g/mol. The highest BCUT2D eigenvalue weighted by Gasteiger charge is 2.43. The quantitative estimate of drug-likeness (QED) is 0.555. The predicted molar refractivity (Wildman–Crippen MR) is 46.8 cm³/mol. The van der Waals surface area contributed by atoms with E-state index >= 15 is 0 Å². The molecular weight excluding hydrogens is 152 g/mol. The van der Waals surface area contributed by atoms with E-state index in [0.717, 1.165) is 6.61 Å². The summed E-state index contributed by atoms with van der Waals surface area (Å²) in [5, 5.41) is 0. The van der Waals surface area contributed by atoms with Crippen molar-refractivity contribution in [1.29, 1.82) is 0 Å². The van der Waals surface area contributed by atoms with Gasteiger partial charge in [0.15, 0.2) is 6.29 Å². The van der Waals surface area contributed by atoms with Gasteiger partial charge in [0.05, 0.1) is 12.7 Å². The SMILES string of the molecule is CC(C)(C)[C@@H]1C[C@H]2CCO[C@@H]2O1. The topological polar surface area (TPSA) is 18.5 Å². The third kappa shape index (κ3) is 1.38. The molecule has 12 heavy (non-hydrogen) atoms. The Kier molecular flexibility index (Phi) is 1.92. The van der Waals surface area contributed by atoms with Gasteiger partial charge < -0.3 is 9.47 Å². The maximum Gasteiger partial charge on any atom is 0.160 e. The zero-order chi connectivity index (χ0) is 8.77. The van der Waals surface area contributed by atoms with Crippen LogP contribution in [0.3, 0.4) is 0 Å². The minimum atomic E-state index is 0.120. The first-order valence-corrected chi connectivity index (χ1v) is 4.84. The summed E-state index contributed by atoms with van der Waals surface area (Å²) in [4.78, 5) is 0. The molecule has 0 unspecified atom stereocenters. The minimum absolute atomic E-state index is 0.120. The molecule has 0 aromatic carbocycles. The molecule has 2 fully saturated rings. The lowest BCUT2D eigenvalue weighted by Crippen LogP contribution is -2.27. The van der Waals surface area contributed by atoms with E-state index in [1.807, 2.05) is 0 Å². The van der Waals surface area contributed by atoms with Gasteiger partial charge >= 0.3 is 0 Å². The molecule has 2 nitrogen and oxygen atoms in total. The monoisotopic (exact) mass is 170 g/mol. The number of rotatable bonds is 0. The Balaban J connectivity index is 1.99. The number of ether oxygens (including phenoxy) is 2. The van der Waals surface area contributed by atoms with Crippen LogP contribution in [0.2, 0.25) is 0 Å². The van der Waals surface area contributed by atoms with Crippen molar-refractivity contribution in [2.75, 3.05) is 6.61 Å². The largest absolute Gasteiger partial charge is 0.352 e. The van der Waals surface area contributed by atoms with Crippen molar-refractivity contribution >= 4 is 0 Å². The van der Waals surface area contributed by atoms with Crippen LogP contribution in [0.4, 0.5) is 0 Å². The van der Waals surface area contributed by atoms with Crippen molar-refractivity contribution in [2.24, 2.45) is 11.3 Å². The van der Waals surface area contributed by atoms with Gasteiger partial charge in [-0.2, -0.15) is 0 Å². The molecule has 0 aromatic heterocycles. The molecule has 0 aromatic rings. The van der Waals surface area contributed by atoms with Crippen LogP contribution in [-0.2, 0) is 9.47 Å². The van der Waals surface area contributed by atoms with Crippen molar-refractivity contribution in [3.63, 3.8) is 0 Å². The van der Waals surface area contributed by atoms with Crippen LogP contribution >= 0.6 is 0 Å². The van der Waals surface area contributed by atoms with Gasteiger partial charge in [-0.05, 0) is 18.3 Å². The van der Waals surface area contributed by atoms with E-state index in [4.69, 9.17) is 9.47 Å². The smallest absolute Gasteiger partial charge is 0.160 e. The second-order valence-electron chi connectivity index (χ2n) is 5.01. The summed E-state index contributed by atoms with van der Waals surface area (Å²) in [7, 11) is 0. The zero-order valence-corrected chi connectivity index (χ0v) is 8.17. The molecule has 2 aliphatic rings. The zero-order valence-electron chi connectivity index (χ0n) is 8.17. The highest BCUT2D eigenvalue weighted by atomic mass is 16.7. The molecule has 2 aliphatic heterocycles. The van der Waals surface area contributed by atoms with E-state index in [2.05, 4.69) is 20.8 Å². The molecule has 2 heteroatoms. The molecular formula is C10H18O2. The third-order valence-corrected chi connectivity index (χ3v) is 2.94. The summed E-state index contributed by atoms with van der Waals surface area (Å²) >= 11 is 0. The van der Waals surface area contributed by atoms with Crippen LogP contribution < -0.4 is 0 Å². The number of hydrogen-bond acceptors (Lipinski definition) is 2. The van der Waals surface area contributed by atoms with Crippen molar-refractivity contribution in [3.05, 3.63) is 0 Å². The molecule has 0 saturated carbocycles. The van der Waals surface area contributed by atoms with Crippen molar-refractivity contribution in [3.8, 4) is 0 Å². The summed E-state index contributed by atoms with van der Waals surface area (Å²) in [5.41, 5.74) is 0.272. The molecule has 3 atom stereocenters. The summed E-state index contributed by atoms with van der Waals surface area (Å²) in [6.45, 7) is 7.60. The van der Waals surface area contributed by atoms with Crippen LogP contribution in [0.25, 0.3) is 0 Å². The fourth-order valence-corrected chi connectivity index (χ4v) is 2.04. The van der Waals surface area contributed by atoms with E-state index in [1.165, 1.54) is 12.8 Å². The Bertz CT molecular complexity index is 159. The standard InChI is InChI=1S/C10H18O2/c1-10(2,3)8-6-7-4-5-11-9(7)12-8/h7-9H,4-6H2,1-3H3/t7-,8+,9-/m1/s1. The number of hydrogen-bond donors (Lipinski definition) is 0. The first kappa shape index (κ1) is 8.52. The van der Waals surface area contributed by atoms with Crippen molar-refractivity contribution < 1.29 is 9.47 Å². The molecule has 0 amide bonds. The lowest BCUT2D eigenvalue weighted by molar-refractivity contribution is -0.138. The van der Waals surface area contributed by atoms with Crippen LogP contribution in [0.5, 0.6) is 0 Å². The summed E-state index contributed by atoms with van der Waals surface area (Å²) in [6, 6.07) is 0. The van der Waals surface area contributed by atoms with Crippen LogP contribution in [0.15, 0.2) is 0 Å². The molecule has 0 aliphatic carbocycles. The summed E-state index contributed by atoms with van der Waals surface area (Å²) in [6.07, 6.45) is 2.90. The molecule has 0 N–H and O–H groups in total. The number of fused-ring (bicyclic) bond motifs is 1. The average Bonchev–Trinajstić information content (AvgIpc) is 2.37. The first-order valence-electron chi connectivity index (χ1n) is 4.84. The molecule has 0 radical (unpaired) electrons. The van der Waals surface area contributed by atoms with Gasteiger partial charge in [-0.1, -0.05) is 20.8 Å². The normalized spacial score (nSPS) is 41.8. The van der Waals surface area contributed by atoms with Crippen LogP contribution in [0, 0.1) is 11.3 Å². The van der Waals surface area contributed by atoms with E-state index in [1.54, 1.807) is 0 Å². The highest BCUT2D eigenvalue weighted by Crippen LogP contribution is 2.41. The molecule has 0 spiro atoms. The predicted octanol–water partition coefficient (Wildman–Crippen LogP) is 2.18. The summed E-state index contributed by atoms with van der Waals surface area (Å²) in [5.74, 6) is 0.675. The van der Waals surface area contributed by atoms with Gasteiger partial charge in [-0.25, -0.2) is 0 Å². The molecule has 2 heterocycles. The Morgan fingerprint density at radius 3 is 2.58 bits per heavy atom. The van der Waals surface area contributed by atoms with Crippen molar-refractivity contribution in [1.82, 2.24) is 0 Å². The third-order valence-electron chi connectivity index (χ3n) is 2.94. The highest BCUT2D eigenvalue weighted by molar-refractivity contribution is 4.87. The molecule has 70 valence electrons. The van der Waals surface area contributed by atoms with E-state index in [9.17, 15) is 0 Å². The van der Waals surface area contributed by atoms with Crippen LogP contribution in [0.1, 0.15) is 33.6 Å². The second-order valence-corrected chi connectivity index (χ2v) is 5.01. The van der Waals surface area contributed by atoms with E-state index in [0.29, 0.717) is 12.0 Å². The second kappa shape index (κ2) is 2.71. The van der Waals surface area contributed by atoms with Gasteiger partial charge in [-0.15, -0.1) is 0 Å². The van der Waals surface area contributed by atoms with Crippen LogP contribution in [-0.4, -0.2) is 19.0 Å². The van der Waals surface area contributed by atoms with Gasteiger partial charge in [0.2, 0.25) is 0 Å². The van der Waals surface area contributed by atoms with Gasteiger partial charge in [-0.3, -0.25) is 0 Å². The van der Waals surface area contributed by atoms with Crippen molar-refractivity contribution in [2.45, 2.75) is 46.0 Å². The molecule has 2 rings (SSSR count). The van der Waals surface area contributed by atoms with Gasteiger partial charge in [0, 0.05) is 5.92 Å². The van der Waals surface area contributed by atoms with Gasteiger partial charge in [0.25, 0.3) is 0 Å². The lowest BCUT2D eigenvalue weighted by Gasteiger charge is -2.26. The first-order chi connectivity index (χ1) is 5.57. The van der Waals surface area contributed by atoms with E-state index < -0.39 is 0 Å². The summed E-state index contributed by atoms with van der Waals surface area (Å²) < 4.78 is 11.3.